The Morgan fingerprint density at radius 2 is 1.92 bits per heavy atom. The second-order valence-corrected chi connectivity index (χ2v) is 5.83. The van der Waals surface area contributed by atoms with Crippen LogP contribution in [-0.4, -0.2) is 20.7 Å². The van der Waals surface area contributed by atoms with E-state index in [1.807, 2.05) is 13.0 Å². The Bertz CT molecular complexity index is 947. The first-order valence-corrected chi connectivity index (χ1v) is 8.02. The fourth-order valence-corrected chi connectivity index (χ4v) is 2.57. The zero-order chi connectivity index (χ0) is 18.7. The molecule has 0 saturated heterocycles. The SMILES string of the molecule is Cc1ccnn1-c1ccc(C(=O)O[C@H](C)c2cccc([N+](=O)[O-])c2)cc1. The van der Waals surface area contributed by atoms with E-state index in [0.717, 1.165) is 11.4 Å². The van der Waals surface area contributed by atoms with E-state index in [1.165, 1.54) is 12.1 Å². The second kappa shape index (κ2) is 7.18. The molecule has 0 amide bonds. The van der Waals surface area contributed by atoms with Crippen molar-refractivity contribution in [2.45, 2.75) is 20.0 Å². The third-order valence-corrected chi connectivity index (χ3v) is 4.01. The van der Waals surface area contributed by atoms with E-state index in [1.54, 1.807) is 54.2 Å². The molecule has 0 spiro atoms. The molecule has 0 fully saturated rings. The second-order valence-electron chi connectivity index (χ2n) is 5.83. The largest absolute Gasteiger partial charge is 0.454 e. The molecule has 0 saturated carbocycles. The van der Waals surface area contributed by atoms with E-state index in [0.29, 0.717) is 11.1 Å². The minimum atomic E-state index is -0.601. The number of esters is 1. The van der Waals surface area contributed by atoms with E-state index in [2.05, 4.69) is 5.10 Å². The number of rotatable bonds is 5. The number of nitro benzene ring substituents is 1. The standard InChI is InChI=1S/C19H17N3O4/c1-13-10-11-20-21(13)17-8-6-15(7-9-17)19(23)26-14(2)16-4-3-5-18(12-16)22(24)25/h3-12,14H,1-2H3/t14-/m1/s1. The number of carbonyl (C=O) groups is 1. The minimum Gasteiger partial charge on any atom is -0.454 e. The molecule has 0 aliphatic carbocycles. The number of carbonyl (C=O) groups excluding carboxylic acids is 1. The highest BCUT2D eigenvalue weighted by Crippen LogP contribution is 2.23. The van der Waals surface area contributed by atoms with Gasteiger partial charge in [0, 0.05) is 24.0 Å². The van der Waals surface area contributed by atoms with Crippen molar-refractivity contribution >= 4 is 11.7 Å². The maximum Gasteiger partial charge on any atom is 0.338 e. The fourth-order valence-electron chi connectivity index (χ4n) is 2.57. The summed E-state index contributed by atoms with van der Waals surface area (Å²) < 4.78 is 7.19. The first-order chi connectivity index (χ1) is 12.5. The first-order valence-electron chi connectivity index (χ1n) is 8.02. The van der Waals surface area contributed by atoms with Crippen LogP contribution >= 0.6 is 0 Å². The average Bonchev–Trinajstić information content (AvgIpc) is 3.07. The number of hydrogen-bond donors (Lipinski definition) is 0. The van der Waals surface area contributed by atoms with Gasteiger partial charge in [0.15, 0.2) is 0 Å². The Hall–Kier alpha value is -3.48. The molecule has 132 valence electrons. The van der Waals surface area contributed by atoms with Crippen molar-refractivity contribution in [3.05, 3.63) is 87.7 Å². The summed E-state index contributed by atoms with van der Waals surface area (Å²) in [5.41, 5.74) is 2.76. The summed E-state index contributed by atoms with van der Waals surface area (Å²) in [6, 6.07) is 14.9. The van der Waals surface area contributed by atoms with Gasteiger partial charge in [-0.2, -0.15) is 5.10 Å². The predicted molar refractivity (Wildman–Crippen MR) is 95.2 cm³/mol. The van der Waals surface area contributed by atoms with Crippen molar-refractivity contribution < 1.29 is 14.5 Å². The van der Waals surface area contributed by atoms with Crippen molar-refractivity contribution in [1.82, 2.24) is 9.78 Å². The molecule has 0 radical (unpaired) electrons. The minimum absolute atomic E-state index is 0.0376. The molecule has 0 aliphatic heterocycles. The number of nitro groups is 1. The molecule has 2 aromatic carbocycles. The Balaban J connectivity index is 1.72. The third-order valence-electron chi connectivity index (χ3n) is 4.01. The van der Waals surface area contributed by atoms with E-state index in [-0.39, 0.29) is 5.69 Å². The Kier molecular flexibility index (Phi) is 4.79. The van der Waals surface area contributed by atoms with Crippen LogP contribution in [0.4, 0.5) is 5.69 Å². The molecule has 0 unspecified atom stereocenters. The molecular weight excluding hydrogens is 334 g/mol. The quantitative estimate of drug-likeness (QED) is 0.394. The number of hydrogen-bond acceptors (Lipinski definition) is 5. The third kappa shape index (κ3) is 3.61. The van der Waals surface area contributed by atoms with Crippen molar-refractivity contribution in [3.8, 4) is 5.69 Å². The normalized spacial score (nSPS) is 11.8. The van der Waals surface area contributed by atoms with Crippen LogP contribution in [0, 0.1) is 17.0 Å². The van der Waals surface area contributed by atoms with E-state index >= 15 is 0 Å². The zero-order valence-electron chi connectivity index (χ0n) is 14.3. The summed E-state index contributed by atoms with van der Waals surface area (Å²) >= 11 is 0. The van der Waals surface area contributed by atoms with Crippen molar-refractivity contribution in [1.29, 1.82) is 0 Å². The predicted octanol–water partition coefficient (Wildman–Crippen LogP) is 4.01. The van der Waals surface area contributed by atoms with Gasteiger partial charge in [0.1, 0.15) is 6.10 Å². The maximum absolute atomic E-state index is 12.3. The summed E-state index contributed by atoms with van der Waals surface area (Å²) in [6.45, 7) is 3.62. The molecule has 3 aromatic rings. The number of aryl methyl sites for hydroxylation is 1. The number of benzene rings is 2. The van der Waals surface area contributed by atoms with Gasteiger partial charge in [-0.1, -0.05) is 12.1 Å². The number of nitrogens with zero attached hydrogens (tertiary/aromatic N) is 3. The molecule has 3 rings (SSSR count). The van der Waals surface area contributed by atoms with Crippen LogP contribution in [0.5, 0.6) is 0 Å². The van der Waals surface area contributed by atoms with Gasteiger partial charge in [-0.05, 0) is 49.7 Å². The van der Waals surface area contributed by atoms with Gasteiger partial charge in [-0.25, -0.2) is 9.48 Å². The fraction of sp³-hybridized carbons (Fsp3) is 0.158. The maximum atomic E-state index is 12.3. The molecule has 7 nitrogen and oxygen atoms in total. The summed E-state index contributed by atoms with van der Waals surface area (Å²) in [7, 11) is 0. The summed E-state index contributed by atoms with van der Waals surface area (Å²) in [4.78, 5) is 22.7. The molecule has 0 bridgehead atoms. The van der Waals surface area contributed by atoms with Gasteiger partial charge >= 0.3 is 5.97 Å². The Morgan fingerprint density at radius 1 is 1.19 bits per heavy atom. The van der Waals surface area contributed by atoms with Gasteiger partial charge < -0.3 is 4.74 Å². The molecule has 1 aromatic heterocycles. The monoisotopic (exact) mass is 351 g/mol. The van der Waals surface area contributed by atoms with Crippen molar-refractivity contribution in [3.63, 3.8) is 0 Å². The van der Waals surface area contributed by atoms with Gasteiger partial charge in [-0.3, -0.25) is 10.1 Å². The van der Waals surface area contributed by atoms with E-state index in [9.17, 15) is 14.9 Å². The highest BCUT2D eigenvalue weighted by Gasteiger charge is 2.16. The number of aromatic nitrogens is 2. The van der Waals surface area contributed by atoms with Gasteiger partial charge in [0.25, 0.3) is 5.69 Å². The van der Waals surface area contributed by atoms with E-state index < -0.39 is 17.0 Å². The molecular formula is C19H17N3O4. The summed E-state index contributed by atoms with van der Waals surface area (Å²) in [5.74, 6) is -0.493. The average molecular weight is 351 g/mol. The van der Waals surface area contributed by atoms with Crippen LogP contribution in [0.2, 0.25) is 0 Å². The molecule has 0 N–H and O–H groups in total. The molecule has 26 heavy (non-hydrogen) atoms. The lowest BCUT2D eigenvalue weighted by molar-refractivity contribution is -0.385. The summed E-state index contributed by atoms with van der Waals surface area (Å²) in [5, 5.41) is 15.1. The van der Waals surface area contributed by atoms with Crippen LogP contribution in [0.3, 0.4) is 0 Å². The van der Waals surface area contributed by atoms with Crippen molar-refractivity contribution in [2.75, 3.05) is 0 Å². The first kappa shape index (κ1) is 17.3. The van der Waals surface area contributed by atoms with Crippen LogP contribution < -0.4 is 0 Å². The van der Waals surface area contributed by atoms with E-state index in [4.69, 9.17) is 4.74 Å². The van der Waals surface area contributed by atoms with Crippen LogP contribution in [0.15, 0.2) is 60.8 Å². The Morgan fingerprint density at radius 3 is 2.54 bits per heavy atom. The van der Waals surface area contributed by atoms with Gasteiger partial charge in [0.05, 0.1) is 16.2 Å². The topological polar surface area (TPSA) is 87.3 Å². The molecule has 1 atom stereocenters. The van der Waals surface area contributed by atoms with Gasteiger partial charge in [-0.15, -0.1) is 0 Å². The highest BCUT2D eigenvalue weighted by molar-refractivity contribution is 5.89. The lowest BCUT2D eigenvalue weighted by atomic mass is 10.1. The van der Waals surface area contributed by atoms with Crippen molar-refractivity contribution in [2.24, 2.45) is 0 Å². The Labute approximate surface area is 150 Å². The summed E-state index contributed by atoms with van der Waals surface area (Å²) in [6.07, 6.45) is 1.11. The molecule has 1 heterocycles. The number of ether oxygens (including phenoxy) is 1. The molecule has 7 heteroatoms. The lowest BCUT2D eigenvalue weighted by Crippen LogP contribution is -2.10. The highest BCUT2D eigenvalue weighted by atomic mass is 16.6. The number of non-ortho nitro benzene ring substituents is 1. The van der Waals surface area contributed by atoms with Gasteiger partial charge in [0.2, 0.25) is 0 Å². The van der Waals surface area contributed by atoms with Crippen LogP contribution in [0.25, 0.3) is 5.69 Å². The molecule has 0 aliphatic rings. The smallest absolute Gasteiger partial charge is 0.338 e. The van der Waals surface area contributed by atoms with Crippen LogP contribution in [0.1, 0.15) is 34.6 Å². The zero-order valence-corrected chi connectivity index (χ0v) is 14.3. The lowest BCUT2D eigenvalue weighted by Gasteiger charge is -2.14. The van der Waals surface area contributed by atoms with Crippen LogP contribution in [-0.2, 0) is 4.74 Å².